The molecule has 15 heteroatoms. The topological polar surface area (TPSA) is 228 Å². The van der Waals surface area contributed by atoms with E-state index in [-0.39, 0.29) is 34.8 Å². The Kier molecular flexibility index (Phi) is 10.3. The second kappa shape index (κ2) is 14.2. The van der Waals surface area contributed by atoms with E-state index in [1.807, 2.05) is 0 Å². The van der Waals surface area contributed by atoms with Crippen molar-refractivity contribution in [3.63, 3.8) is 0 Å². The van der Waals surface area contributed by atoms with E-state index in [0.717, 1.165) is 12.3 Å². The van der Waals surface area contributed by atoms with E-state index < -0.39 is 78.9 Å². The van der Waals surface area contributed by atoms with Crippen molar-refractivity contribution >= 4 is 24.0 Å². The predicted octanol–water partition coefficient (Wildman–Crippen LogP) is 1.45. The highest BCUT2D eigenvalue weighted by atomic mass is 16.8. The lowest BCUT2D eigenvalue weighted by molar-refractivity contribution is -0.345. The number of phenols is 2. The van der Waals surface area contributed by atoms with Gasteiger partial charge in [0.05, 0.1) is 36.0 Å². The molecule has 0 spiro atoms. The standard InChI is InChI=1S/C33H36O15/c1-33(42)12-11-19-20(29(39)40)14-45-31(25(19)33)48-32-28(47-30(41)17-5-7-18(34)8-6-17)27(38)26(37)23(46-32)15-44-24(36)10-4-16-3-9-21(35)22(13-16)43-2/h3-10,13-14,19,23,25-28,31-32,34-35,37-38,42H,11-12,15H2,1-2H3,(H,39,40)/b10-4+/t19-,23+,25-,26+,27-,28+,31+,32-,33+/m1/s1. The number of esters is 2. The van der Waals surface area contributed by atoms with Gasteiger partial charge in [0.25, 0.3) is 0 Å². The number of ether oxygens (including phenoxy) is 6. The molecule has 2 aliphatic heterocycles. The van der Waals surface area contributed by atoms with Gasteiger partial charge < -0.3 is 59.1 Å². The number of fused-ring (bicyclic) bond motifs is 1. The van der Waals surface area contributed by atoms with Gasteiger partial charge in [0.15, 0.2) is 17.6 Å². The predicted molar refractivity (Wildman–Crippen MR) is 161 cm³/mol. The smallest absolute Gasteiger partial charge is 0.338 e. The van der Waals surface area contributed by atoms with Crippen LogP contribution in [0.25, 0.3) is 6.08 Å². The van der Waals surface area contributed by atoms with Crippen LogP contribution in [0.2, 0.25) is 0 Å². The van der Waals surface area contributed by atoms with Crippen molar-refractivity contribution in [1.29, 1.82) is 0 Å². The maximum absolute atomic E-state index is 13.0. The molecule has 2 aromatic carbocycles. The number of hydrogen-bond acceptors (Lipinski definition) is 14. The molecule has 3 aliphatic rings. The molecule has 48 heavy (non-hydrogen) atoms. The summed E-state index contributed by atoms with van der Waals surface area (Å²) in [6.07, 6.45) is -5.68. The summed E-state index contributed by atoms with van der Waals surface area (Å²) in [5, 5.41) is 62.2. The Labute approximate surface area is 274 Å². The number of hydrogen-bond donors (Lipinski definition) is 6. The summed E-state index contributed by atoms with van der Waals surface area (Å²) in [4.78, 5) is 37.4. The molecule has 9 atom stereocenters. The lowest BCUT2D eigenvalue weighted by Gasteiger charge is -2.45. The van der Waals surface area contributed by atoms with Gasteiger partial charge in [-0.05, 0) is 67.8 Å². The second-order valence-corrected chi connectivity index (χ2v) is 11.9. The molecule has 15 nitrogen and oxygen atoms in total. The molecule has 258 valence electrons. The molecule has 0 radical (unpaired) electrons. The van der Waals surface area contributed by atoms with Gasteiger partial charge in [-0.2, -0.15) is 0 Å². The summed E-state index contributed by atoms with van der Waals surface area (Å²) < 4.78 is 33.4. The Morgan fingerprint density at radius 2 is 1.77 bits per heavy atom. The quantitative estimate of drug-likeness (QED) is 0.155. The van der Waals surface area contributed by atoms with E-state index >= 15 is 0 Å². The van der Waals surface area contributed by atoms with Gasteiger partial charge in [-0.25, -0.2) is 14.4 Å². The minimum atomic E-state index is -1.85. The van der Waals surface area contributed by atoms with Crippen molar-refractivity contribution in [2.45, 2.75) is 62.4 Å². The monoisotopic (exact) mass is 672 g/mol. The number of phenolic OH excluding ortho intramolecular Hbond substituents is 2. The number of carboxylic acids is 1. The number of aromatic hydroxyl groups is 2. The maximum Gasteiger partial charge on any atom is 0.338 e. The maximum atomic E-state index is 13.0. The van der Waals surface area contributed by atoms with E-state index in [1.54, 1.807) is 0 Å². The van der Waals surface area contributed by atoms with Gasteiger partial charge in [-0.3, -0.25) is 0 Å². The van der Waals surface area contributed by atoms with E-state index in [0.29, 0.717) is 12.0 Å². The Balaban J connectivity index is 1.35. The fourth-order valence-electron chi connectivity index (χ4n) is 6.07. The average molecular weight is 673 g/mol. The third kappa shape index (κ3) is 7.40. The number of rotatable bonds is 10. The Bertz CT molecular complexity index is 1570. The number of aliphatic carboxylic acids is 1. The van der Waals surface area contributed by atoms with Gasteiger partial charge >= 0.3 is 17.9 Å². The minimum Gasteiger partial charge on any atom is -0.508 e. The van der Waals surface area contributed by atoms with Crippen LogP contribution in [-0.2, 0) is 33.3 Å². The summed E-state index contributed by atoms with van der Waals surface area (Å²) in [5.41, 5.74) is -0.995. The Morgan fingerprint density at radius 3 is 2.46 bits per heavy atom. The SMILES string of the molecule is COc1cc(/C=C/C(=O)OC[C@@H]2O[C@H](O[C@@H]3OC=C(C(=O)O)[C@H]4CC[C@](C)(O)[C@@H]34)[C@@H](OC(=O)c3ccc(O)cc3)[C@H](O)[C@H]2O)ccc1O. The molecule has 5 rings (SSSR count). The van der Waals surface area contributed by atoms with Crippen LogP contribution in [0.1, 0.15) is 35.7 Å². The van der Waals surface area contributed by atoms with E-state index in [4.69, 9.17) is 28.4 Å². The van der Waals surface area contributed by atoms with Gasteiger partial charge in [0.1, 0.15) is 30.7 Å². The summed E-state index contributed by atoms with van der Waals surface area (Å²) in [5.74, 6) is -4.63. The number of carbonyl (C=O) groups excluding carboxylic acids is 2. The Hall–Kier alpha value is -4.67. The van der Waals surface area contributed by atoms with Crippen LogP contribution in [0.4, 0.5) is 0 Å². The second-order valence-electron chi connectivity index (χ2n) is 11.9. The molecular formula is C33H36O15. The highest BCUT2D eigenvalue weighted by molar-refractivity contribution is 5.90. The number of carboxylic acid groups (broad SMARTS) is 1. The van der Waals surface area contributed by atoms with E-state index in [2.05, 4.69) is 0 Å². The zero-order chi connectivity index (χ0) is 34.7. The fourth-order valence-corrected chi connectivity index (χ4v) is 6.07. The van der Waals surface area contributed by atoms with Crippen molar-refractivity contribution in [3.8, 4) is 17.2 Å². The molecule has 0 aromatic heterocycles. The molecule has 2 heterocycles. The largest absolute Gasteiger partial charge is 0.508 e. The molecule has 1 saturated carbocycles. The van der Waals surface area contributed by atoms with Crippen molar-refractivity contribution < 1.29 is 73.4 Å². The van der Waals surface area contributed by atoms with Gasteiger partial charge in [0, 0.05) is 12.0 Å². The summed E-state index contributed by atoms with van der Waals surface area (Å²) in [6, 6.07) is 9.42. The molecule has 0 unspecified atom stereocenters. The number of aliphatic hydroxyl groups excluding tert-OH is 2. The molecule has 1 saturated heterocycles. The van der Waals surface area contributed by atoms with Crippen LogP contribution in [0.5, 0.6) is 17.2 Å². The Morgan fingerprint density at radius 1 is 1.04 bits per heavy atom. The highest BCUT2D eigenvalue weighted by Crippen LogP contribution is 2.49. The summed E-state index contributed by atoms with van der Waals surface area (Å²) in [6.45, 7) is 0.923. The van der Waals surface area contributed by atoms with Crippen LogP contribution in [0, 0.1) is 11.8 Å². The zero-order valence-corrected chi connectivity index (χ0v) is 25.9. The van der Waals surface area contributed by atoms with Crippen LogP contribution in [-0.4, -0.2) is 105 Å². The first-order valence-electron chi connectivity index (χ1n) is 15.0. The molecule has 1 aliphatic carbocycles. The first-order valence-corrected chi connectivity index (χ1v) is 15.0. The van der Waals surface area contributed by atoms with Crippen molar-refractivity contribution in [1.82, 2.24) is 0 Å². The molecule has 0 bridgehead atoms. The van der Waals surface area contributed by atoms with Crippen LogP contribution in [0.3, 0.4) is 0 Å². The number of benzene rings is 2. The lowest BCUT2D eigenvalue weighted by Crippen LogP contribution is -2.62. The molecule has 6 N–H and O–H groups in total. The summed E-state index contributed by atoms with van der Waals surface area (Å²) >= 11 is 0. The first-order chi connectivity index (χ1) is 22.8. The van der Waals surface area contributed by atoms with Gasteiger partial charge in [-0.1, -0.05) is 6.07 Å². The lowest BCUT2D eigenvalue weighted by atomic mass is 9.81. The third-order valence-corrected chi connectivity index (χ3v) is 8.65. The molecule has 2 aromatic rings. The van der Waals surface area contributed by atoms with Crippen molar-refractivity contribution in [3.05, 3.63) is 71.5 Å². The molecule has 2 fully saturated rings. The van der Waals surface area contributed by atoms with Crippen molar-refractivity contribution in [2.75, 3.05) is 13.7 Å². The van der Waals surface area contributed by atoms with Crippen molar-refractivity contribution in [2.24, 2.45) is 11.8 Å². The number of methoxy groups -OCH3 is 1. The van der Waals surface area contributed by atoms with Crippen LogP contribution in [0.15, 0.2) is 60.4 Å². The summed E-state index contributed by atoms with van der Waals surface area (Å²) in [7, 11) is 1.37. The van der Waals surface area contributed by atoms with Crippen LogP contribution >= 0.6 is 0 Å². The molecular weight excluding hydrogens is 636 g/mol. The minimum absolute atomic E-state index is 0.0101. The molecule has 0 amide bonds. The van der Waals surface area contributed by atoms with Gasteiger partial charge in [-0.15, -0.1) is 0 Å². The average Bonchev–Trinajstić information content (AvgIpc) is 3.38. The fraction of sp³-hybridized carbons (Fsp3) is 0.424. The number of aliphatic hydroxyl groups is 3. The van der Waals surface area contributed by atoms with E-state index in [1.165, 1.54) is 62.6 Å². The third-order valence-electron chi connectivity index (χ3n) is 8.65. The number of carbonyl (C=O) groups is 3. The van der Waals surface area contributed by atoms with E-state index in [9.17, 15) is 45.0 Å². The zero-order valence-electron chi connectivity index (χ0n) is 25.9. The first kappa shape index (κ1) is 34.7. The van der Waals surface area contributed by atoms with Crippen LogP contribution < -0.4 is 4.74 Å². The normalized spacial score (nSPS) is 31.3. The highest BCUT2D eigenvalue weighted by Gasteiger charge is 2.56. The van der Waals surface area contributed by atoms with Gasteiger partial charge in [0.2, 0.25) is 12.6 Å².